The molecule has 1 heterocycles. The minimum Gasteiger partial charge on any atom is -0.480 e. The normalized spacial score (nSPS) is 17.3. The van der Waals surface area contributed by atoms with Gasteiger partial charge in [-0.15, -0.1) is 0 Å². The van der Waals surface area contributed by atoms with Crippen molar-refractivity contribution in [1.82, 2.24) is 4.90 Å². The van der Waals surface area contributed by atoms with Gasteiger partial charge in [0.1, 0.15) is 5.75 Å². The summed E-state index contributed by atoms with van der Waals surface area (Å²) in [6.07, 6.45) is -0.129. The van der Waals surface area contributed by atoms with Crippen LogP contribution >= 0.6 is 11.6 Å². The van der Waals surface area contributed by atoms with E-state index >= 15 is 0 Å². The van der Waals surface area contributed by atoms with Crippen molar-refractivity contribution in [2.45, 2.75) is 30.4 Å². The second-order valence-electron chi connectivity index (χ2n) is 6.30. The third-order valence-corrected chi connectivity index (χ3v) is 5.76. The van der Waals surface area contributed by atoms with Crippen LogP contribution in [0.3, 0.4) is 0 Å². The molecular formula is C18H19ClN2O4S. The number of nitrogens with zero attached hydrogens (tertiary/aromatic N) is 1. The summed E-state index contributed by atoms with van der Waals surface area (Å²) >= 11 is 5.99. The van der Waals surface area contributed by atoms with Gasteiger partial charge in [-0.25, -0.2) is 13.6 Å². The molecule has 2 aromatic carbocycles. The number of primary sulfonamides is 1. The van der Waals surface area contributed by atoms with Crippen LogP contribution < -0.4 is 9.88 Å². The van der Waals surface area contributed by atoms with E-state index in [1.807, 2.05) is 6.92 Å². The quantitative estimate of drug-likeness (QED) is 0.862. The molecule has 0 spiro atoms. The number of rotatable bonds is 4. The Morgan fingerprint density at radius 2 is 1.92 bits per heavy atom. The minimum absolute atomic E-state index is 0.0360. The van der Waals surface area contributed by atoms with E-state index in [9.17, 15) is 13.2 Å². The van der Waals surface area contributed by atoms with E-state index in [4.69, 9.17) is 21.5 Å². The lowest BCUT2D eigenvalue weighted by Gasteiger charge is -2.27. The van der Waals surface area contributed by atoms with Crippen LogP contribution in [-0.4, -0.2) is 32.4 Å². The minimum atomic E-state index is -3.74. The molecule has 2 N–H and O–H groups in total. The highest BCUT2D eigenvalue weighted by molar-refractivity contribution is 7.89. The molecule has 0 fully saturated rings. The monoisotopic (exact) mass is 394 g/mol. The molecule has 0 saturated heterocycles. The van der Waals surface area contributed by atoms with Gasteiger partial charge < -0.3 is 9.64 Å². The number of halogens is 1. The van der Waals surface area contributed by atoms with Crippen LogP contribution in [0.25, 0.3) is 0 Å². The fourth-order valence-corrected chi connectivity index (χ4v) is 3.64. The second kappa shape index (κ2) is 6.90. The molecule has 138 valence electrons. The number of fused-ring (bicyclic) bond motifs is 1. The van der Waals surface area contributed by atoms with Crippen LogP contribution in [-0.2, 0) is 21.2 Å². The molecule has 0 aromatic heterocycles. The lowest BCUT2D eigenvalue weighted by atomic mass is 10.1. The molecule has 26 heavy (non-hydrogen) atoms. The van der Waals surface area contributed by atoms with E-state index < -0.39 is 16.1 Å². The van der Waals surface area contributed by atoms with Crippen molar-refractivity contribution in [3.05, 3.63) is 58.6 Å². The zero-order valence-electron chi connectivity index (χ0n) is 14.3. The summed E-state index contributed by atoms with van der Waals surface area (Å²) in [4.78, 5) is 14.4. The third kappa shape index (κ3) is 3.70. The fraction of sp³-hybridized carbons (Fsp3) is 0.278. The molecule has 2 atom stereocenters. The fourth-order valence-electron chi connectivity index (χ4n) is 2.93. The standard InChI is InChI=1S/C18H19ClN2O4S/c1-11(12-3-6-15(7-4-12)26(20,23)24)21(2)18(22)17-10-13-9-14(19)5-8-16(13)25-17/h3-9,11,17H,10H2,1-2H3,(H2,20,23,24)/t11-,17-/m0/s1. The maximum atomic E-state index is 12.8. The molecule has 1 aliphatic rings. The first-order chi connectivity index (χ1) is 12.2. The Morgan fingerprint density at radius 3 is 2.54 bits per heavy atom. The van der Waals surface area contributed by atoms with E-state index in [1.54, 1.807) is 42.3 Å². The lowest BCUT2D eigenvalue weighted by Crippen LogP contribution is -2.40. The van der Waals surface area contributed by atoms with Crippen molar-refractivity contribution in [3.63, 3.8) is 0 Å². The van der Waals surface area contributed by atoms with Crippen molar-refractivity contribution in [2.75, 3.05) is 7.05 Å². The Morgan fingerprint density at radius 1 is 1.27 bits per heavy atom. The molecule has 1 amide bonds. The van der Waals surface area contributed by atoms with Crippen molar-refractivity contribution in [2.24, 2.45) is 5.14 Å². The Hall–Kier alpha value is -2.09. The number of hydrogen-bond donors (Lipinski definition) is 1. The highest BCUT2D eigenvalue weighted by atomic mass is 35.5. The number of likely N-dealkylation sites (N-methyl/N-ethyl adjacent to an activating group) is 1. The first-order valence-electron chi connectivity index (χ1n) is 8.01. The molecule has 3 rings (SSSR count). The first kappa shape index (κ1) is 18.7. The van der Waals surface area contributed by atoms with Crippen molar-refractivity contribution < 1.29 is 17.9 Å². The number of ether oxygens (including phenoxy) is 1. The Labute approximate surface area is 157 Å². The van der Waals surface area contributed by atoms with E-state index in [-0.39, 0.29) is 16.8 Å². The van der Waals surface area contributed by atoms with Gasteiger partial charge in [0.15, 0.2) is 6.10 Å². The van der Waals surface area contributed by atoms with Crippen LogP contribution in [0.4, 0.5) is 0 Å². The van der Waals surface area contributed by atoms with Crippen LogP contribution in [0, 0.1) is 0 Å². The molecule has 0 radical (unpaired) electrons. The van der Waals surface area contributed by atoms with Crippen LogP contribution in [0.2, 0.25) is 5.02 Å². The van der Waals surface area contributed by atoms with Gasteiger partial charge in [-0.1, -0.05) is 23.7 Å². The highest BCUT2D eigenvalue weighted by Crippen LogP contribution is 2.32. The molecule has 0 bridgehead atoms. The molecule has 1 aliphatic heterocycles. The lowest BCUT2D eigenvalue weighted by molar-refractivity contribution is -0.138. The number of amides is 1. The van der Waals surface area contributed by atoms with Gasteiger partial charge in [0, 0.05) is 18.5 Å². The molecule has 0 saturated carbocycles. The summed E-state index contributed by atoms with van der Waals surface area (Å²) in [7, 11) is -2.05. The Bertz CT molecular complexity index is 944. The Kier molecular flexibility index (Phi) is 4.96. The zero-order valence-corrected chi connectivity index (χ0v) is 15.9. The molecule has 2 aromatic rings. The van der Waals surface area contributed by atoms with Crippen LogP contribution in [0.15, 0.2) is 47.4 Å². The second-order valence-corrected chi connectivity index (χ2v) is 8.30. The maximum Gasteiger partial charge on any atom is 0.264 e. The largest absolute Gasteiger partial charge is 0.480 e. The predicted molar refractivity (Wildman–Crippen MR) is 98.6 cm³/mol. The summed E-state index contributed by atoms with van der Waals surface area (Å²) in [6, 6.07) is 11.2. The van der Waals surface area contributed by atoms with Gasteiger partial charge in [-0.05, 0) is 48.4 Å². The topological polar surface area (TPSA) is 89.7 Å². The Balaban J connectivity index is 1.72. The van der Waals surface area contributed by atoms with Gasteiger partial charge in [-0.3, -0.25) is 4.79 Å². The van der Waals surface area contributed by atoms with Crippen molar-refractivity contribution in [1.29, 1.82) is 0 Å². The summed E-state index contributed by atoms with van der Waals surface area (Å²) in [6.45, 7) is 1.86. The molecule has 0 unspecified atom stereocenters. The molecule has 6 nitrogen and oxygen atoms in total. The smallest absolute Gasteiger partial charge is 0.264 e. The van der Waals surface area contributed by atoms with Gasteiger partial charge >= 0.3 is 0 Å². The van der Waals surface area contributed by atoms with Gasteiger partial charge in [0.2, 0.25) is 10.0 Å². The molecule has 8 heteroatoms. The SMILES string of the molecule is C[C@@H](c1ccc(S(N)(=O)=O)cc1)N(C)C(=O)[C@@H]1Cc2cc(Cl)ccc2O1. The number of benzene rings is 2. The predicted octanol–water partition coefficient (Wildman–Crippen LogP) is 2.51. The van der Waals surface area contributed by atoms with E-state index in [0.29, 0.717) is 17.2 Å². The molecule has 0 aliphatic carbocycles. The number of nitrogens with two attached hydrogens (primary N) is 1. The third-order valence-electron chi connectivity index (χ3n) is 4.59. The van der Waals surface area contributed by atoms with Crippen LogP contribution in [0.5, 0.6) is 5.75 Å². The van der Waals surface area contributed by atoms with Crippen molar-refractivity contribution >= 4 is 27.5 Å². The van der Waals surface area contributed by atoms with Gasteiger partial charge in [0.05, 0.1) is 10.9 Å². The number of hydrogen-bond acceptors (Lipinski definition) is 4. The maximum absolute atomic E-state index is 12.8. The van der Waals surface area contributed by atoms with E-state index in [1.165, 1.54) is 12.1 Å². The number of carbonyl (C=O) groups is 1. The van der Waals surface area contributed by atoms with E-state index in [0.717, 1.165) is 11.1 Å². The average Bonchev–Trinajstić information content (AvgIpc) is 3.02. The van der Waals surface area contributed by atoms with Crippen LogP contribution in [0.1, 0.15) is 24.1 Å². The number of carbonyl (C=O) groups excluding carboxylic acids is 1. The van der Waals surface area contributed by atoms with E-state index in [2.05, 4.69) is 0 Å². The van der Waals surface area contributed by atoms with Gasteiger partial charge in [0.25, 0.3) is 5.91 Å². The summed E-state index contributed by atoms with van der Waals surface area (Å²) in [5.41, 5.74) is 1.71. The average molecular weight is 395 g/mol. The van der Waals surface area contributed by atoms with Gasteiger partial charge in [-0.2, -0.15) is 0 Å². The summed E-state index contributed by atoms with van der Waals surface area (Å²) in [5.74, 6) is 0.520. The molecular weight excluding hydrogens is 376 g/mol. The summed E-state index contributed by atoms with van der Waals surface area (Å²) < 4.78 is 28.4. The first-order valence-corrected chi connectivity index (χ1v) is 9.94. The number of sulfonamides is 1. The zero-order chi connectivity index (χ0) is 19.1. The van der Waals surface area contributed by atoms with Crippen molar-refractivity contribution in [3.8, 4) is 5.75 Å². The highest BCUT2D eigenvalue weighted by Gasteiger charge is 2.33. The summed E-state index contributed by atoms with van der Waals surface area (Å²) in [5, 5.41) is 5.72.